The molecule has 0 radical (unpaired) electrons. The lowest BCUT2D eigenvalue weighted by Gasteiger charge is -2.34. The fourth-order valence-electron chi connectivity index (χ4n) is 4.43. The van der Waals surface area contributed by atoms with Crippen LogP contribution in [-0.4, -0.2) is 66.6 Å². The number of rotatable bonds is 10. The summed E-state index contributed by atoms with van der Waals surface area (Å²) in [6.07, 6.45) is 0.808. The maximum Gasteiger partial charge on any atom is 0.206 e. The number of likely N-dealkylation sites (N-methyl/N-ethyl adjacent to an activating group) is 1. The average molecular weight is 524 g/mol. The number of nitrogens with one attached hydrogen (secondary N) is 2. The van der Waals surface area contributed by atoms with Crippen LogP contribution in [0.25, 0.3) is 0 Å². The van der Waals surface area contributed by atoms with E-state index in [1.54, 1.807) is 18.2 Å². The molecule has 37 heavy (non-hydrogen) atoms. The van der Waals surface area contributed by atoms with Gasteiger partial charge < -0.3 is 37.0 Å². The van der Waals surface area contributed by atoms with E-state index in [0.717, 1.165) is 38.3 Å². The Hall–Kier alpha value is -3.34. The van der Waals surface area contributed by atoms with Crippen LogP contribution in [0, 0.1) is 5.92 Å². The van der Waals surface area contributed by atoms with Crippen LogP contribution in [0.15, 0.2) is 42.5 Å². The summed E-state index contributed by atoms with van der Waals surface area (Å²) in [6.45, 7) is 8.34. The average Bonchev–Trinajstić information content (AvgIpc) is 3.24. The van der Waals surface area contributed by atoms with Gasteiger partial charge in [-0.1, -0.05) is 25.2 Å². The summed E-state index contributed by atoms with van der Waals surface area (Å²) in [6, 6.07) is 13.2. The fourth-order valence-corrected chi connectivity index (χ4v) is 5.29. The van der Waals surface area contributed by atoms with Crippen LogP contribution in [0.1, 0.15) is 35.5 Å². The number of aliphatic hydroxyl groups is 1. The molecule has 10 heteroatoms. The van der Waals surface area contributed by atoms with E-state index in [1.165, 1.54) is 17.0 Å². The third-order valence-corrected chi connectivity index (χ3v) is 7.48. The molecule has 1 aliphatic heterocycles. The largest absolute Gasteiger partial charge is 0.397 e. The Morgan fingerprint density at radius 3 is 2.43 bits per heavy atom. The minimum Gasteiger partial charge on any atom is -0.397 e. The Bertz CT molecular complexity index is 1200. The normalized spacial score (nSPS) is 15.1. The van der Waals surface area contributed by atoms with E-state index in [-0.39, 0.29) is 24.2 Å². The molecule has 1 fully saturated rings. The van der Waals surface area contributed by atoms with Gasteiger partial charge in [0.05, 0.1) is 18.0 Å². The van der Waals surface area contributed by atoms with Crippen LogP contribution in [0.2, 0.25) is 0 Å². The molecular weight excluding hydrogens is 486 g/mol. The molecule has 1 saturated heterocycles. The van der Waals surface area contributed by atoms with Crippen molar-refractivity contribution in [3.63, 3.8) is 0 Å². The molecule has 0 unspecified atom stereocenters. The molecule has 1 aliphatic rings. The van der Waals surface area contributed by atoms with E-state index in [9.17, 15) is 9.90 Å². The Kier molecular flexibility index (Phi) is 8.52. The first-order valence-corrected chi connectivity index (χ1v) is 13.4. The van der Waals surface area contributed by atoms with E-state index < -0.39 is 0 Å². The number of anilines is 6. The second kappa shape index (κ2) is 11.8. The van der Waals surface area contributed by atoms with Gasteiger partial charge in [-0.2, -0.15) is 0 Å². The number of hydrogen-bond donors (Lipinski definition) is 5. The second-order valence-electron chi connectivity index (χ2n) is 9.98. The molecule has 1 atom stereocenters. The molecule has 0 saturated carbocycles. The molecule has 2 heterocycles. The number of benzene rings is 2. The van der Waals surface area contributed by atoms with Crippen LogP contribution in [0.5, 0.6) is 0 Å². The quantitative estimate of drug-likeness (QED) is 0.198. The van der Waals surface area contributed by atoms with Crippen molar-refractivity contribution < 1.29 is 9.90 Å². The zero-order chi connectivity index (χ0) is 26.5. The molecule has 3 aromatic rings. The highest BCUT2D eigenvalue weighted by molar-refractivity contribution is 7.18. The molecule has 1 aromatic heterocycles. The lowest BCUT2D eigenvalue weighted by Crippen LogP contribution is -2.44. The zero-order valence-corrected chi connectivity index (χ0v) is 22.5. The predicted octanol–water partition coefficient (Wildman–Crippen LogP) is 3.85. The van der Waals surface area contributed by atoms with Gasteiger partial charge in [0, 0.05) is 49.2 Å². The Balaban J connectivity index is 1.42. The molecule has 4 rings (SSSR count). The molecule has 198 valence electrons. The lowest BCUT2D eigenvalue weighted by molar-refractivity contribution is 0.104. The van der Waals surface area contributed by atoms with Crippen LogP contribution in [0.4, 0.5) is 33.7 Å². The van der Waals surface area contributed by atoms with Crippen LogP contribution in [0.3, 0.4) is 0 Å². The van der Waals surface area contributed by atoms with Gasteiger partial charge >= 0.3 is 0 Å². The van der Waals surface area contributed by atoms with Gasteiger partial charge in [0.2, 0.25) is 5.78 Å². The van der Waals surface area contributed by atoms with Crippen molar-refractivity contribution in [1.82, 2.24) is 9.88 Å². The van der Waals surface area contributed by atoms with Crippen molar-refractivity contribution in [3.8, 4) is 0 Å². The number of nitrogens with two attached hydrogens (primary N) is 2. The number of carbonyl (C=O) groups excluding carboxylic acids is 1. The highest BCUT2D eigenvalue weighted by Crippen LogP contribution is 2.32. The SMILES string of the molecule is CC(C)C[C@H](CO)Nc1ccc(C(=O)c2sc(Nc3ccc(N4CCN(C)CC4)cc3)nc2N)cc1N. The smallest absolute Gasteiger partial charge is 0.206 e. The Labute approximate surface area is 222 Å². The van der Waals surface area contributed by atoms with Gasteiger partial charge in [0.25, 0.3) is 0 Å². The predicted molar refractivity (Wildman–Crippen MR) is 154 cm³/mol. The van der Waals surface area contributed by atoms with Crippen molar-refractivity contribution in [2.75, 3.05) is 66.8 Å². The summed E-state index contributed by atoms with van der Waals surface area (Å²) in [4.78, 5) is 22.6. The van der Waals surface area contributed by atoms with Crippen molar-refractivity contribution >= 4 is 50.8 Å². The second-order valence-corrected chi connectivity index (χ2v) is 11.0. The lowest BCUT2D eigenvalue weighted by atomic mass is 10.0. The standard InChI is InChI=1S/C27H37N7O2S/c1-17(2)14-20(16-35)30-23-9-4-18(15-22(23)28)24(36)25-26(29)32-27(37-25)31-19-5-7-21(8-6-19)34-12-10-33(3)11-13-34/h4-9,15,17,20,30,35H,10-14,16,28-29H2,1-3H3,(H,31,32)/t20-/m1/s1. The van der Waals surface area contributed by atoms with E-state index in [1.807, 2.05) is 12.1 Å². The molecule has 0 amide bonds. The van der Waals surface area contributed by atoms with Crippen LogP contribution >= 0.6 is 11.3 Å². The highest BCUT2D eigenvalue weighted by Gasteiger charge is 2.20. The van der Waals surface area contributed by atoms with Crippen LogP contribution < -0.4 is 27.0 Å². The monoisotopic (exact) mass is 523 g/mol. The van der Waals surface area contributed by atoms with Gasteiger partial charge in [0.15, 0.2) is 5.13 Å². The van der Waals surface area contributed by atoms with Gasteiger partial charge in [-0.05, 0) is 61.9 Å². The number of ketones is 1. The summed E-state index contributed by atoms with van der Waals surface area (Å²) in [5.41, 5.74) is 16.0. The minimum absolute atomic E-state index is 0.00402. The summed E-state index contributed by atoms with van der Waals surface area (Å²) >= 11 is 1.22. The third kappa shape index (κ3) is 6.71. The number of nitrogen functional groups attached to an aromatic ring is 2. The van der Waals surface area contributed by atoms with Gasteiger partial charge in [-0.3, -0.25) is 4.79 Å². The van der Waals surface area contributed by atoms with E-state index in [0.29, 0.717) is 32.9 Å². The number of aromatic nitrogens is 1. The summed E-state index contributed by atoms with van der Waals surface area (Å²) < 4.78 is 0. The molecule has 0 aliphatic carbocycles. The summed E-state index contributed by atoms with van der Waals surface area (Å²) in [5.74, 6) is 0.385. The fraction of sp³-hybridized carbons (Fsp3) is 0.407. The highest BCUT2D eigenvalue weighted by atomic mass is 32.1. The Morgan fingerprint density at radius 1 is 1.11 bits per heavy atom. The van der Waals surface area contributed by atoms with Crippen molar-refractivity contribution in [3.05, 3.63) is 52.9 Å². The van der Waals surface area contributed by atoms with Gasteiger partial charge in [-0.25, -0.2) is 4.98 Å². The number of piperazine rings is 1. The topological polar surface area (TPSA) is 133 Å². The first-order chi connectivity index (χ1) is 17.7. The zero-order valence-electron chi connectivity index (χ0n) is 21.7. The van der Waals surface area contributed by atoms with Gasteiger partial charge in [-0.15, -0.1) is 0 Å². The Morgan fingerprint density at radius 2 is 1.81 bits per heavy atom. The van der Waals surface area contributed by atoms with Gasteiger partial charge in [0.1, 0.15) is 10.7 Å². The minimum atomic E-state index is -0.229. The molecule has 9 nitrogen and oxygen atoms in total. The number of carbonyl (C=O) groups is 1. The van der Waals surface area contributed by atoms with Crippen LogP contribution in [-0.2, 0) is 0 Å². The molecular formula is C27H37N7O2S. The number of aliphatic hydroxyl groups excluding tert-OH is 1. The molecule has 2 aromatic carbocycles. The first kappa shape index (κ1) is 26.7. The summed E-state index contributed by atoms with van der Waals surface area (Å²) in [7, 11) is 2.15. The van der Waals surface area contributed by atoms with E-state index in [4.69, 9.17) is 11.5 Å². The van der Waals surface area contributed by atoms with Crippen molar-refractivity contribution in [1.29, 1.82) is 0 Å². The van der Waals surface area contributed by atoms with Crippen molar-refractivity contribution in [2.24, 2.45) is 5.92 Å². The maximum absolute atomic E-state index is 13.2. The maximum atomic E-state index is 13.2. The van der Waals surface area contributed by atoms with E-state index in [2.05, 4.69) is 58.4 Å². The molecule has 0 spiro atoms. The number of hydrogen-bond acceptors (Lipinski definition) is 10. The first-order valence-electron chi connectivity index (χ1n) is 12.6. The number of nitrogens with zero attached hydrogens (tertiary/aromatic N) is 3. The molecule has 0 bridgehead atoms. The number of thiazole rings is 1. The molecule has 7 N–H and O–H groups in total. The summed E-state index contributed by atoms with van der Waals surface area (Å²) in [5, 5.41) is 16.7. The van der Waals surface area contributed by atoms with Crippen molar-refractivity contribution in [2.45, 2.75) is 26.3 Å². The van der Waals surface area contributed by atoms with E-state index >= 15 is 0 Å². The third-order valence-electron chi connectivity index (χ3n) is 6.50.